The van der Waals surface area contributed by atoms with Gasteiger partial charge < -0.3 is 19.4 Å². The Hall–Kier alpha value is -3.64. The van der Waals surface area contributed by atoms with Crippen molar-refractivity contribution < 1.29 is 32.0 Å². The van der Waals surface area contributed by atoms with Gasteiger partial charge in [-0.25, -0.2) is 0 Å². The van der Waals surface area contributed by atoms with Gasteiger partial charge in [-0.15, -0.1) is 0 Å². The summed E-state index contributed by atoms with van der Waals surface area (Å²) in [4.78, 5) is 26.8. The van der Waals surface area contributed by atoms with Gasteiger partial charge in [0.15, 0.2) is 0 Å². The molecule has 0 radical (unpaired) electrons. The number of piperazine rings is 1. The van der Waals surface area contributed by atoms with Crippen LogP contribution in [0.1, 0.15) is 42.6 Å². The molecule has 12 heteroatoms. The molecule has 5 rings (SSSR count). The van der Waals surface area contributed by atoms with Crippen LogP contribution in [0.3, 0.4) is 0 Å². The summed E-state index contributed by atoms with van der Waals surface area (Å²) in [5.74, 6) is 0.864. The molecule has 2 aromatic carbocycles. The molecule has 0 atom stereocenters. The van der Waals surface area contributed by atoms with Gasteiger partial charge >= 0.3 is 6.18 Å². The molecule has 0 unspecified atom stereocenters. The number of nitro groups is 1. The van der Waals surface area contributed by atoms with Crippen molar-refractivity contribution in [2.45, 2.75) is 57.5 Å². The summed E-state index contributed by atoms with van der Waals surface area (Å²) in [5, 5.41) is 15.1. The van der Waals surface area contributed by atoms with E-state index in [9.17, 15) is 28.1 Å². The normalized spacial score (nSPS) is 20.3. The Bertz CT molecular complexity index is 1390. The van der Waals surface area contributed by atoms with Gasteiger partial charge in [-0.3, -0.25) is 19.8 Å². The molecule has 1 saturated heterocycles. The number of carbonyl (C=O) groups excluding carboxylic acids is 1. The van der Waals surface area contributed by atoms with Crippen LogP contribution in [0.5, 0.6) is 0 Å². The van der Waals surface area contributed by atoms with Gasteiger partial charge in [-0.05, 0) is 62.9 Å². The number of fused-ring (bicyclic) bond motifs is 1. The minimum Gasteiger partial charge on any atom is -0.460 e. The van der Waals surface area contributed by atoms with Gasteiger partial charge in [0.1, 0.15) is 23.5 Å². The van der Waals surface area contributed by atoms with E-state index in [1.807, 2.05) is 17.0 Å². The van der Waals surface area contributed by atoms with Gasteiger partial charge in [0, 0.05) is 49.4 Å². The minimum absolute atomic E-state index is 0.00296. The average molecular weight is 575 g/mol. The minimum atomic E-state index is -4.82. The van der Waals surface area contributed by atoms with Crippen LogP contribution in [0.15, 0.2) is 46.9 Å². The monoisotopic (exact) mass is 574 g/mol. The molecule has 2 heterocycles. The maximum atomic E-state index is 13.3. The molecule has 1 amide bonds. The highest BCUT2D eigenvalue weighted by Gasteiger charge is 2.38. The van der Waals surface area contributed by atoms with Crippen molar-refractivity contribution in [2.24, 2.45) is 0 Å². The highest BCUT2D eigenvalue weighted by molar-refractivity contribution is 5.79. The summed E-state index contributed by atoms with van der Waals surface area (Å²) in [6, 6.07) is 11.1. The second-order valence-electron chi connectivity index (χ2n) is 10.8. The molecule has 0 bridgehead atoms. The van der Waals surface area contributed by atoms with E-state index in [2.05, 4.69) is 29.3 Å². The first kappa shape index (κ1) is 28.9. The molecule has 220 valence electrons. The molecule has 3 aromatic rings. The highest BCUT2D eigenvalue weighted by Crippen LogP contribution is 2.38. The smallest absolute Gasteiger partial charge is 0.423 e. The highest BCUT2D eigenvalue weighted by atomic mass is 19.4. The van der Waals surface area contributed by atoms with Gasteiger partial charge in [0.2, 0.25) is 5.91 Å². The first-order valence-electron chi connectivity index (χ1n) is 13.8. The number of furan rings is 1. The van der Waals surface area contributed by atoms with Crippen molar-refractivity contribution in [1.82, 2.24) is 9.80 Å². The second kappa shape index (κ2) is 12.1. The SMILES string of the molecule is Cc1ccc2oc(CN3CCN(C(=O)CO[C@H]4CC[C@H](Nc5ccc([N+](=O)[O-])c(C(F)(F)F)c5)CC4)CC3)cc2c1. The third-order valence-corrected chi connectivity index (χ3v) is 7.81. The average Bonchev–Trinajstić information content (AvgIpc) is 3.33. The lowest BCUT2D eigenvalue weighted by Crippen LogP contribution is -2.49. The molecular weight excluding hydrogens is 541 g/mol. The van der Waals surface area contributed by atoms with Crippen LogP contribution in [0.25, 0.3) is 11.0 Å². The Morgan fingerprint density at radius 1 is 1.07 bits per heavy atom. The Morgan fingerprint density at radius 2 is 1.80 bits per heavy atom. The number of aryl methyl sites for hydroxylation is 1. The Morgan fingerprint density at radius 3 is 2.49 bits per heavy atom. The lowest BCUT2D eigenvalue weighted by atomic mass is 9.92. The van der Waals surface area contributed by atoms with E-state index in [1.54, 1.807) is 0 Å². The predicted octanol–water partition coefficient (Wildman–Crippen LogP) is 5.75. The molecular formula is C29H33F3N4O5. The third-order valence-electron chi connectivity index (χ3n) is 7.81. The summed E-state index contributed by atoms with van der Waals surface area (Å²) in [5.41, 5.74) is 0.0235. The first-order chi connectivity index (χ1) is 19.5. The van der Waals surface area contributed by atoms with E-state index in [-0.39, 0.29) is 30.3 Å². The maximum Gasteiger partial charge on any atom is 0.423 e. The summed E-state index contributed by atoms with van der Waals surface area (Å²) in [7, 11) is 0. The lowest BCUT2D eigenvalue weighted by Gasteiger charge is -2.35. The number of carbonyl (C=O) groups is 1. The van der Waals surface area contributed by atoms with E-state index >= 15 is 0 Å². The van der Waals surface area contributed by atoms with Crippen LogP contribution in [-0.4, -0.2) is 65.6 Å². The number of hydrogen-bond acceptors (Lipinski definition) is 7. The van der Waals surface area contributed by atoms with Crippen molar-refractivity contribution in [3.63, 3.8) is 0 Å². The number of benzene rings is 2. The molecule has 41 heavy (non-hydrogen) atoms. The van der Waals surface area contributed by atoms with Crippen molar-refractivity contribution in [3.05, 3.63) is 69.5 Å². The van der Waals surface area contributed by atoms with Crippen molar-refractivity contribution in [3.8, 4) is 0 Å². The summed E-state index contributed by atoms with van der Waals surface area (Å²) < 4.78 is 51.7. The topological polar surface area (TPSA) is 101 Å². The zero-order valence-electron chi connectivity index (χ0n) is 22.8. The van der Waals surface area contributed by atoms with Crippen LogP contribution < -0.4 is 5.32 Å². The molecule has 1 aromatic heterocycles. The van der Waals surface area contributed by atoms with E-state index < -0.39 is 22.4 Å². The Balaban J connectivity index is 1.03. The van der Waals surface area contributed by atoms with Crippen LogP contribution in [0.2, 0.25) is 0 Å². The predicted molar refractivity (Wildman–Crippen MR) is 147 cm³/mol. The van der Waals surface area contributed by atoms with Gasteiger partial charge in [-0.1, -0.05) is 11.6 Å². The third kappa shape index (κ3) is 7.17. The summed E-state index contributed by atoms with van der Waals surface area (Å²) in [6.07, 6.45) is -2.30. The molecule has 1 aliphatic heterocycles. The number of hydrogen-bond donors (Lipinski definition) is 1. The van der Waals surface area contributed by atoms with Gasteiger partial charge in [-0.2, -0.15) is 13.2 Å². The summed E-state index contributed by atoms with van der Waals surface area (Å²) >= 11 is 0. The quantitative estimate of drug-likeness (QED) is 0.270. The van der Waals surface area contributed by atoms with E-state index in [0.29, 0.717) is 45.3 Å². The maximum absolute atomic E-state index is 13.3. The number of halogens is 3. The van der Waals surface area contributed by atoms with Crippen LogP contribution >= 0.6 is 0 Å². The van der Waals surface area contributed by atoms with Crippen molar-refractivity contribution >= 4 is 28.3 Å². The first-order valence-corrected chi connectivity index (χ1v) is 13.8. The fourth-order valence-corrected chi connectivity index (χ4v) is 5.57. The van der Waals surface area contributed by atoms with Crippen LogP contribution in [0.4, 0.5) is 24.5 Å². The van der Waals surface area contributed by atoms with Crippen LogP contribution in [0, 0.1) is 17.0 Å². The molecule has 1 saturated carbocycles. The van der Waals surface area contributed by atoms with Gasteiger partial charge in [0.05, 0.1) is 17.6 Å². The standard InChI is InChI=1S/C29H33F3N4O5/c1-19-2-9-27-20(14-19)15-24(41-27)17-34-10-12-35(13-11-34)28(37)18-40-23-6-3-21(4-7-23)33-22-5-8-26(36(38)39)25(16-22)29(30,31)32/h2,5,8-9,14-16,21,23,33H,3-4,6-7,10-13,17-18H2,1H3/t21-,23-. The molecule has 1 N–H and O–H groups in total. The fraction of sp³-hybridized carbons (Fsp3) is 0.483. The van der Waals surface area contributed by atoms with Crippen molar-refractivity contribution in [1.29, 1.82) is 0 Å². The number of rotatable bonds is 8. The number of anilines is 1. The lowest BCUT2D eigenvalue weighted by molar-refractivity contribution is -0.388. The second-order valence-corrected chi connectivity index (χ2v) is 10.8. The molecule has 9 nitrogen and oxygen atoms in total. The number of alkyl halides is 3. The molecule has 2 aliphatic rings. The Kier molecular flexibility index (Phi) is 8.50. The summed E-state index contributed by atoms with van der Waals surface area (Å²) in [6.45, 7) is 5.48. The van der Waals surface area contributed by atoms with Gasteiger partial charge in [0.25, 0.3) is 5.69 Å². The van der Waals surface area contributed by atoms with E-state index in [0.717, 1.165) is 42.0 Å². The zero-order chi connectivity index (χ0) is 29.1. The Labute approximate surface area is 235 Å². The van der Waals surface area contributed by atoms with Crippen LogP contribution in [-0.2, 0) is 22.3 Å². The molecule has 1 aliphatic carbocycles. The number of nitrogens with zero attached hydrogens (tertiary/aromatic N) is 3. The zero-order valence-corrected chi connectivity index (χ0v) is 22.8. The number of ether oxygens (including phenoxy) is 1. The fourth-order valence-electron chi connectivity index (χ4n) is 5.57. The number of amides is 1. The molecule has 2 fully saturated rings. The molecule has 0 spiro atoms. The van der Waals surface area contributed by atoms with Crippen molar-refractivity contribution in [2.75, 3.05) is 38.1 Å². The number of nitrogens with one attached hydrogen (secondary N) is 1. The van der Waals surface area contributed by atoms with E-state index in [1.165, 1.54) is 11.6 Å². The largest absolute Gasteiger partial charge is 0.460 e. The van der Waals surface area contributed by atoms with E-state index in [4.69, 9.17) is 9.15 Å². The number of nitro benzene ring substituents is 1.